The summed E-state index contributed by atoms with van der Waals surface area (Å²) in [7, 11) is 0. The number of hydrogen-bond acceptors (Lipinski definition) is 2. The van der Waals surface area contributed by atoms with Crippen LogP contribution in [0.4, 0.5) is 0 Å². The first-order chi connectivity index (χ1) is 16.8. The third-order valence-corrected chi connectivity index (χ3v) is 9.73. The van der Waals surface area contributed by atoms with E-state index >= 15 is 0 Å². The standard InChI is InChI=1S/C31H39N3O/c1-19-11-20(2)22(4)26(21(19)3)18-34-28-8-6-5-7-27(28)33-29(34)9-10-32-30(35)31-15-23-12-24(16-31)14-25(13-23)17-31/h5-8,11,23-25H,9-10,12-18H2,1-4H3,(H,32,35). The van der Waals surface area contributed by atoms with Crippen molar-refractivity contribution in [1.82, 2.24) is 14.9 Å². The first-order valence-electron chi connectivity index (χ1n) is 13.6. The van der Waals surface area contributed by atoms with Gasteiger partial charge in [0.1, 0.15) is 5.82 Å². The molecule has 0 aliphatic heterocycles. The normalized spacial score (nSPS) is 27.0. The lowest BCUT2D eigenvalue weighted by molar-refractivity contribution is -0.146. The lowest BCUT2D eigenvalue weighted by atomic mass is 9.49. The third-order valence-electron chi connectivity index (χ3n) is 9.73. The van der Waals surface area contributed by atoms with Crippen LogP contribution >= 0.6 is 0 Å². The van der Waals surface area contributed by atoms with Gasteiger partial charge in [-0.25, -0.2) is 4.98 Å². The van der Waals surface area contributed by atoms with Gasteiger partial charge < -0.3 is 9.88 Å². The van der Waals surface area contributed by atoms with E-state index in [4.69, 9.17) is 4.98 Å². The van der Waals surface area contributed by atoms with Gasteiger partial charge in [0.15, 0.2) is 0 Å². The van der Waals surface area contributed by atoms with E-state index in [1.807, 2.05) is 0 Å². The smallest absolute Gasteiger partial charge is 0.226 e. The van der Waals surface area contributed by atoms with Gasteiger partial charge in [-0.05, 0) is 124 Å². The third kappa shape index (κ3) is 3.90. The molecule has 0 spiro atoms. The molecule has 0 radical (unpaired) electrons. The van der Waals surface area contributed by atoms with Crippen LogP contribution in [0.3, 0.4) is 0 Å². The Morgan fingerprint density at radius 2 is 1.57 bits per heavy atom. The van der Waals surface area contributed by atoms with Crippen LogP contribution in [0.1, 0.15) is 72.2 Å². The maximum Gasteiger partial charge on any atom is 0.226 e. The summed E-state index contributed by atoms with van der Waals surface area (Å²) >= 11 is 0. The molecule has 0 saturated heterocycles. The molecule has 0 atom stereocenters. The van der Waals surface area contributed by atoms with Gasteiger partial charge in [0, 0.05) is 24.9 Å². The van der Waals surface area contributed by atoms with E-state index in [9.17, 15) is 4.79 Å². The number of carbonyl (C=O) groups is 1. The Balaban J connectivity index is 1.23. The highest BCUT2D eigenvalue weighted by Crippen LogP contribution is 2.60. The molecule has 4 heteroatoms. The quantitative estimate of drug-likeness (QED) is 0.468. The van der Waals surface area contributed by atoms with Crippen molar-refractivity contribution in [3.05, 3.63) is 64.0 Å². The molecule has 4 fully saturated rings. The number of rotatable bonds is 6. The molecule has 184 valence electrons. The van der Waals surface area contributed by atoms with Crippen molar-refractivity contribution in [1.29, 1.82) is 0 Å². The van der Waals surface area contributed by atoms with Crippen LogP contribution in [-0.4, -0.2) is 22.0 Å². The van der Waals surface area contributed by atoms with Crippen molar-refractivity contribution < 1.29 is 4.79 Å². The number of imidazole rings is 1. The van der Waals surface area contributed by atoms with Gasteiger partial charge in [0.25, 0.3) is 0 Å². The minimum atomic E-state index is -0.0811. The number of carbonyl (C=O) groups excluding carboxylic acids is 1. The van der Waals surface area contributed by atoms with Gasteiger partial charge in [-0.15, -0.1) is 0 Å². The van der Waals surface area contributed by atoms with Crippen LogP contribution in [0.25, 0.3) is 11.0 Å². The highest BCUT2D eigenvalue weighted by Gasteiger charge is 2.54. The first kappa shape index (κ1) is 22.8. The van der Waals surface area contributed by atoms with Crippen LogP contribution < -0.4 is 5.32 Å². The molecule has 1 amide bonds. The number of nitrogens with zero attached hydrogens (tertiary/aromatic N) is 2. The van der Waals surface area contributed by atoms with Crippen molar-refractivity contribution >= 4 is 16.9 Å². The molecule has 1 aromatic heterocycles. The highest BCUT2D eigenvalue weighted by atomic mass is 16.2. The Labute approximate surface area is 209 Å². The summed E-state index contributed by atoms with van der Waals surface area (Å²) < 4.78 is 2.38. The molecule has 1 heterocycles. The van der Waals surface area contributed by atoms with E-state index in [1.165, 1.54) is 52.6 Å². The zero-order chi connectivity index (χ0) is 24.3. The molecular formula is C31H39N3O. The van der Waals surface area contributed by atoms with Gasteiger partial charge in [0.05, 0.1) is 11.0 Å². The zero-order valence-corrected chi connectivity index (χ0v) is 21.8. The Kier molecular flexibility index (Phi) is 5.54. The summed E-state index contributed by atoms with van der Waals surface area (Å²) in [5.41, 5.74) is 8.95. The predicted octanol–water partition coefficient (Wildman–Crippen LogP) is 6.19. The lowest BCUT2D eigenvalue weighted by Gasteiger charge is -2.55. The molecule has 2 aromatic carbocycles. The second kappa shape index (κ2) is 8.50. The van der Waals surface area contributed by atoms with Crippen molar-refractivity contribution in [3.8, 4) is 0 Å². The molecular weight excluding hydrogens is 430 g/mol. The molecule has 0 unspecified atom stereocenters. The number of benzene rings is 2. The summed E-state index contributed by atoms with van der Waals surface area (Å²) in [5.74, 6) is 3.76. The molecule has 4 aliphatic rings. The van der Waals surface area contributed by atoms with Crippen LogP contribution in [0.2, 0.25) is 0 Å². The average Bonchev–Trinajstić information content (AvgIpc) is 3.16. The van der Waals surface area contributed by atoms with E-state index in [0.29, 0.717) is 12.5 Å². The molecule has 4 bridgehead atoms. The second-order valence-corrected chi connectivity index (χ2v) is 12.0. The van der Waals surface area contributed by atoms with E-state index in [1.54, 1.807) is 0 Å². The molecule has 7 rings (SSSR count). The van der Waals surface area contributed by atoms with Crippen LogP contribution in [0, 0.1) is 50.9 Å². The largest absolute Gasteiger partial charge is 0.355 e. The number of hydrogen-bond donors (Lipinski definition) is 1. The minimum absolute atomic E-state index is 0.0811. The van der Waals surface area contributed by atoms with E-state index in [-0.39, 0.29) is 5.41 Å². The van der Waals surface area contributed by atoms with Crippen LogP contribution in [0.5, 0.6) is 0 Å². The average molecular weight is 470 g/mol. The summed E-state index contributed by atoms with van der Waals surface area (Å²) in [4.78, 5) is 18.5. The van der Waals surface area contributed by atoms with Gasteiger partial charge in [0.2, 0.25) is 5.91 Å². The SMILES string of the molecule is Cc1cc(C)c(C)c(Cn2c(CCNC(=O)C34CC5CC(CC(C5)C3)C4)nc3ccccc32)c1C. The monoisotopic (exact) mass is 469 g/mol. The molecule has 4 saturated carbocycles. The summed E-state index contributed by atoms with van der Waals surface area (Å²) in [6.07, 6.45) is 8.23. The maximum atomic E-state index is 13.5. The second-order valence-electron chi connectivity index (χ2n) is 12.0. The molecule has 3 aromatic rings. The number of para-hydroxylation sites is 2. The molecule has 4 aliphatic carbocycles. The van der Waals surface area contributed by atoms with Crippen molar-refractivity contribution in [2.45, 2.75) is 79.2 Å². The zero-order valence-electron chi connectivity index (χ0n) is 21.8. The van der Waals surface area contributed by atoms with Gasteiger partial charge in [-0.3, -0.25) is 4.79 Å². The number of nitrogens with one attached hydrogen (secondary N) is 1. The number of fused-ring (bicyclic) bond motifs is 1. The number of aromatic nitrogens is 2. The van der Waals surface area contributed by atoms with E-state index in [2.05, 4.69) is 67.9 Å². The first-order valence-corrected chi connectivity index (χ1v) is 13.6. The molecule has 1 N–H and O–H groups in total. The van der Waals surface area contributed by atoms with E-state index < -0.39 is 0 Å². The fourth-order valence-corrected chi connectivity index (χ4v) is 8.05. The molecule has 35 heavy (non-hydrogen) atoms. The number of aryl methyl sites for hydroxylation is 2. The highest BCUT2D eigenvalue weighted by molar-refractivity contribution is 5.83. The van der Waals surface area contributed by atoms with E-state index in [0.717, 1.165) is 61.3 Å². The van der Waals surface area contributed by atoms with Gasteiger partial charge in [-0.2, -0.15) is 0 Å². The molecule has 4 nitrogen and oxygen atoms in total. The maximum absolute atomic E-state index is 13.5. The van der Waals surface area contributed by atoms with Crippen molar-refractivity contribution in [2.24, 2.45) is 23.2 Å². The Bertz CT molecular complexity index is 1240. The predicted molar refractivity (Wildman–Crippen MR) is 142 cm³/mol. The Morgan fingerprint density at radius 1 is 0.971 bits per heavy atom. The van der Waals surface area contributed by atoms with Crippen molar-refractivity contribution in [3.63, 3.8) is 0 Å². The topological polar surface area (TPSA) is 46.9 Å². The Morgan fingerprint density at radius 3 is 2.20 bits per heavy atom. The Hall–Kier alpha value is -2.62. The van der Waals surface area contributed by atoms with Crippen LogP contribution in [-0.2, 0) is 17.8 Å². The fourth-order valence-electron chi connectivity index (χ4n) is 8.05. The van der Waals surface area contributed by atoms with Gasteiger partial charge in [-0.1, -0.05) is 18.2 Å². The summed E-state index contributed by atoms with van der Waals surface area (Å²) in [5, 5.41) is 3.37. The number of amides is 1. The van der Waals surface area contributed by atoms with Gasteiger partial charge >= 0.3 is 0 Å². The van der Waals surface area contributed by atoms with Crippen LogP contribution in [0.15, 0.2) is 30.3 Å². The summed E-state index contributed by atoms with van der Waals surface area (Å²) in [6.45, 7) is 10.4. The lowest BCUT2D eigenvalue weighted by Crippen LogP contribution is -2.53. The summed E-state index contributed by atoms with van der Waals surface area (Å²) in [6, 6.07) is 10.7. The fraction of sp³-hybridized carbons (Fsp3) is 0.548. The van der Waals surface area contributed by atoms with Crippen molar-refractivity contribution in [2.75, 3.05) is 6.54 Å². The minimum Gasteiger partial charge on any atom is -0.355 e.